The molecule has 0 atom stereocenters. The summed E-state index contributed by atoms with van der Waals surface area (Å²) >= 11 is 0. The molecule has 0 bridgehead atoms. The molecule has 0 saturated carbocycles. The number of carboxylic acid groups (broad SMARTS) is 1. The number of aromatic carboxylic acids is 1. The molecular formula is C15H19N5O3. The third-order valence-corrected chi connectivity index (χ3v) is 4.07. The minimum Gasteiger partial charge on any atom is -0.477 e. The van der Waals surface area contributed by atoms with Crippen molar-refractivity contribution in [2.24, 2.45) is 0 Å². The van der Waals surface area contributed by atoms with Crippen LogP contribution in [0.25, 0.3) is 5.65 Å². The molecular weight excluding hydrogens is 298 g/mol. The van der Waals surface area contributed by atoms with Crippen LogP contribution >= 0.6 is 0 Å². The maximum Gasteiger partial charge on any atom is 0.341 e. The monoisotopic (exact) mass is 317 g/mol. The van der Waals surface area contributed by atoms with Crippen LogP contribution in [0.2, 0.25) is 0 Å². The summed E-state index contributed by atoms with van der Waals surface area (Å²) < 4.78 is 1.52. The zero-order valence-electron chi connectivity index (χ0n) is 13.4. The fourth-order valence-corrected chi connectivity index (χ4v) is 2.80. The van der Waals surface area contributed by atoms with Gasteiger partial charge in [0.2, 0.25) is 0 Å². The van der Waals surface area contributed by atoms with Gasteiger partial charge in [0, 0.05) is 30.9 Å². The number of rotatable bonds is 4. The Balaban J connectivity index is 2.10. The van der Waals surface area contributed by atoms with E-state index in [-0.39, 0.29) is 23.3 Å². The van der Waals surface area contributed by atoms with Gasteiger partial charge in [0.05, 0.1) is 6.20 Å². The van der Waals surface area contributed by atoms with Gasteiger partial charge in [0.25, 0.3) is 0 Å². The molecule has 1 saturated heterocycles. The van der Waals surface area contributed by atoms with E-state index in [1.54, 1.807) is 15.9 Å². The SMILES string of the molecule is CCc1cc(N2CCN(C(C)C)C2=O)nc2c(C(=O)O)cnn12. The summed E-state index contributed by atoms with van der Waals surface area (Å²) in [5.41, 5.74) is 1.12. The van der Waals surface area contributed by atoms with Crippen LogP contribution in [-0.4, -0.2) is 55.7 Å². The number of carbonyl (C=O) groups excluding carboxylic acids is 1. The van der Waals surface area contributed by atoms with Gasteiger partial charge >= 0.3 is 12.0 Å². The molecule has 1 aliphatic rings. The van der Waals surface area contributed by atoms with Gasteiger partial charge < -0.3 is 10.0 Å². The van der Waals surface area contributed by atoms with Crippen molar-refractivity contribution in [3.8, 4) is 0 Å². The van der Waals surface area contributed by atoms with Crippen molar-refractivity contribution in [2.75, 3.05) is 18.0 Å². The van der Waals surface area contributed by atoms with Gasteiger partial charge in [0.1, 0.15) is 11.4 Å². The van der Waals surface area contributed by atoms with Crippen LogP contribution in [-0.2, 0) is 6.42 Å². The number of carboxylic acids is 1. The maximum atomic E-state index is 12.5. The first-order chi connectivity index (χ1) is 10.9. The highest BCUT2D eigenvalue weighted by molar-refractivity contribution is 5.96. The highest BCUT2D eigenvalue weighted by Gasteiger charge is 2.32. The average Bonchev–Trinajstić information content (AvgIpc) is 3.09. The quantitative estimate of drug-likeness (QED) is 0.925. The van der Waals surface area contributed by atoms with Gasteiger partial charge in [-0.1, -0.05) is 6.92 Å². The van der Waals surface area contributed by atoms with Crippen molar-refractivity contribution in [1.82, 2.24) is 19.5 Å². The van der Waals surface area contributed by atoms with Crippen LogP contribution < -0.4 is 4.90 Å². The van der Waals surface area contributed by atoms with E-state index in [0.29, 0.717) is 25.3 Å². The second-order valence-electron chi connectivity index (χ2n) is 5.78. The zero-order chi connectivity index (χ0) is 16.7. The molecule has 1 N–H and O–H groups in total. The molecule has 8 nitrogen and oxygen atoms in total. The Morgan fingerprint density at radius 3 is 2.70 bits per heavy atom. The molecule has 3 rings (SSSR count). The number of hydrogen-bond donors (Lipinski definition) is 1. The molecule has 0 unspecified atom stereocenters. The largest absolute Gasteiger partial charge is 0.477 e. The predicted octanol–water partition coefficient (Wildman–Crippen LogP) is 1.64. The van der Waals surface area contributed by atoms with Gasteiger partial charge in [-0.15, -0.1) is 0 Å². The Labute approximate surface area is 133 Å². The lowest BCUT2D eigenvalue weighted by Gasteiger charge is -2.21. The Morgan fingerprint density at radius 2 is 2.13 bits per heavy atom. The van der Waals surface area contributed by atoms with Crippen LogP contribution in [0.5, 0.6) is 0 Å². The summed E-state index contributed by atoms with van der Waals surface area (Å²) in [6, 6.07) is 1.81. The summed E-state index contributed by atoms with van der Waals surface area (Å²) in [5.74, 6) is -0.603. The van der Waals surface area contributed by atoms with Crippen LogP contribution in [0.4, 0.5) is 10.6 Å². The number of anilines is 1. The number of carbonyl (C=O) groups is 2. The molecule has 0 spiro atoms. The maximum absolute atomic E-state index is 12.5. The van der Waals surface area contributed by atoms with E-state index in [1.165, 1.54) is 10.7 Å². The van der Waals surface area contributed by atoms with Crippen molar-refractivity contribution in [3.05, 3.63) is 23.5 Å². The fraction of sp³-hybridized carbons (Fsp3) is 0.467. The highest BCUT2D eigenvalue weighted by atomic mass is 16.4. The molecule has 23 heavy (non-hydrogen) atoms. The molecule has 0 radical (unpaired) electrons. The second-order valence-corrected chi connectivity index (χ2v) is 5.78. The number of hydrogen-bond acceptors (Lipinski definition) is 4. The molecule has 2 amide bonds. The van der Waals surface area contributed by atoms with Crippen molar-refractivity contribution < 1.29 is 14.7 Å². The first-order valence-electron chi connectivity index (χ1n) is 7.63. The lowest BCUT2D eigenvalue weighted by atomic mass is 10.3. The minimum absolute atomic E-state index is 0.0360. The number of aryl methyl sites for hydroxylation is 1. The normalized spacial score (nSPS) is 15.2. The Kier molecular flexibility index (Phi) is 3.67. The van der Waals surface area contributed by atoms with Crippen molar-refractivity contribution >= 4 is 23.5 Å². The summed E-state index contributed by atoms with van der Waals surface area (Å²) in [4.78, 5) is 31.6. The number of fused-ring (bicyclic) bond motifs is 1. The fourth-order valence-electron chi connectivity index (χ4n) is 2.80. The van der Waals surface area contributed by atoms with Crippen LogP contribution in [0.15, 0.2) is 12.3 Å². The Morgan fingerprint density at radius 1 is 1.39 bits per heavy atom. The lowest BCUT2D eigenvalue weighted by molar-refractivity contribution is 0.0698. The standard InChI is InChI=1S/C15H19N5O3/c1-4-10-7-12(19-6-5-18(9(2)3)15(19)23)17-13-11(14(21)22)8-16-20(10)13/h7-9H,4-6H2,1-3H3,(H,21,22). The van der Waals surface area contributed by atoms with E-state index < -0.39 is 5.97 Å². The first-order valence-corrected chi connectivity index (χ1v) is 7.63. The molecule has 8 heteroatoms. The molecule has 0 aromatic carbocycles. The number of urea groups is 1. The van der Waals surface area contributed by atoms with Crippen LogP contribution in [0, 0.1) is 0 Å². The number of aromatic nitrogens is 3. The van der Waals surface area contributed by atoms with Crippen molar-refractivity contribution in [1.29, 1.82) is 0 Å². The lowest BCUT2D eigenvalue weighted by Crippen LogP contribution is -2.36. The third kappa shape index (κ3) is 2.39. The smallest absolute Gasteiger partial charge is 0.341 e. The molecule has 1 aliphatic heterocycles. The first kappa shape index (κ1) is 15.3. The van der Waals surface area contributed by atoms with Crippen molar-refractivity contribution in [3.63, 3.8) is 0 Å². The van der Waals surface area contributed by atoms with E-state index in [2.05, 4.69) is 10.1 Å². The molecule has 1 fully saturated rings. The van der Waals surface area contributed by atoms with Crippen LogP contribution in [0.3, 0.4) is 0 Å². The van der Waals surface area contributed by atoms with Crippen molar-refractivity contribution in [2.45, 2.75) is 33.2 Å². The third-order valence-electron chi connectivity index (χ3n) is 4.07. The Bertz CT molecular complexity index is 783. The Hall–Kier alpha value is -2.64. The van der Waals surface area contributed by atoms with Gasteiger partial charge in [-0.05, 0) is 20.3 Å². The van der Waals surface area contributed by atoms with E-state index in [0.717, 1.165) is 5.69 Å². The summed E-state index contributed by atoms with van der Waals surface area (Å²) in [6.07, 6.45) is 1.95. The van der Waals surface area contributed by atoms with E-state index in [4.69, 9.17) is 0 Å². The van der Waals surface area contributed by atoms with E-state index in [9.17, 15) is 14.7 Å². The molecule has 2 aromatic rings. The summed E-state index contributed by atoms with van der Waals surface area (Å²) in [6.45, 7) is 7.06. The molecule has 122 valence electrons. The number of amides is 2. The molecule has 2 aromatic heterocycles. The number of nitrogens with zero attached hydrogens (tertiary/aromatic N) is 5. The van der Waals surface area contributed by atoms with Crippen LogP contribution in [0.1, 0.15) is 36.8 Å². The topological polar surface area (TPSA) is 91.0 Å². The van der Waals surface area contributed by atoms with Gasteiger partial charge in [0.15, 0.2) is 5.65 Å². The molecule has 3 heterocycles. The predicted molar refractivity (Wildman–Crippen MR) is 83.9 cm³/mol. The minimum atomic E-state index is -1.08. The van der Waals surface area contributed by atoms with E-state index >= 15 is 0 Å². The van der Waals surface area contributed by atoms with E-state index in [1.807, 2.05) is 20.8 Å². The average molecular weight is 317 g/mol. The van der Waals surface area contributed by atoms with Gasteiger partial charge in [-0.2, -0.15) is 5.10 Å². The summed E-state index contributed by atoms with van der Waals surface area (Å²) in [5, 5.41) is 13.4. The molecule has 0 aliphatic carbocycles. The van der Waals surface area contributed by atoms with Gasteiger partial charge in [-0.3, -0.25) is 4.90 Å². The zero-order valence-corrected chi connectivity index (χ0v) is 13.4. The second kappa shape index (κ2) is 5.53. The highest BCUT2D eigenvalue weighted by Crippen LogP contribution is 2.23. The summed E-state index contributed by atoms with van der Waals surface area (Å²) in [7, 11) is 0. The van der Waals surface area contributed by atoms with Gasteiger partial charge in [-0.25, -0.2) is 19.1 Å².